The van der Waals surface area contributed by atoms with Crippen molar-refractivity contribution in [1.29, 1.82) is 0 Å². The van der Waals surface area contributed by atoms with E-state index in [0.717, 1.165) is 24.7 Å². The lowest BCUT2D eigenvalue weighted by atomic mass is 9.95. The Kier molecular flexibility index (Phi) is 13.1. The SMILES string of the molecule is CCC(C)CCCCCCCC(C)CCCCC(=O)O. The molecule has 2 heteroatoms. The Morgan fingerprint density at radius 2 is 1.25 bits per heavy atom. The second-order valence-electron chi connectivity index (χ2n) is 6.60. The van der Waals surface area contributed by atoms with Gasteiger partial charge in [0.2, 0.25) is 0 Å². The number of aliphatic carboxylic acids is 1. The summed E-state index contributed by atoms with van der Waals surface area (Å²) in [5.74, 6) is 1.01. The Morgan fingerprint density at radius 1 is 0.800 bits per heavy atom. The molecule has 120 valence electrons. The van der Waals surface area contributed by atoms with Crippen LogP contribution in [0.3, 0.4) is 0 Å². The van der Waals surface area contributed by atoms with Crippen LogP contribution in [0.5, 0.6) is 0 Å². The van der Waals surface area contributed by atoms with E-state index in [9.17, 15) is 4.79 Å². The maximum atomic E-state index is 10.4. The molecule has 0 saturated heterocycles. The van der Waals surface area contributed by atoms with Crippen LogP contribution in [0, 0.1) is 11.8 Å². The fourth-order valence-electron chi connectivity index (χ4n) is 2.63. The highest BCUT2D eigenvalue weighted by molar-refractivity contribution is 5.66. The molecule has 0 spiro atoms. The van der Waals surface area contributed by atoms with Gasteiger partial charge in [-0.2, -0.15) is 0 Å². The first-order valence-electron chi connectivity index (χ1n) is 8.78. The minimum atomic E-state index is -0.657. The fourth-order valence-corrected chi connectivity index (χ4v) is 2.63. The van der Waals surface area contributed by atoms with Gasteiger partial charge < -0.3 is 5.11 Å². The molecule has 1 N–H and O–H groups in total. The minimum absolute atomic E-state index is 0.336. The van der Waals surface area contributed by atoms with E-state index < -0.39 is 5.97 Å². The summed E-state index contributed by atoms with van der Waals surface area (Å²) in [6.07, 6.45) is 14.4. The van der Waals surface area contributed by atoms with Gasteiger partial charge in [-0.1, -0.05) is 85.0 Å². The number of rotatable bonds is 14. The van der Waals surface area contributed by atoms with E-state index in [0.29, 0.717) is 6.42 Å². The van der Waals surface area contributed by atoms with Crippen LogP contribution < -0.4 is 0 Å². The Labute approximate surface area is 126 Å². The summed E-state index contributed by atoms with van der Waals surface area (Å²) in [5, 5.41) is 8.57. The predicted molar refractivity (Wildman–Crippen MR) is 87.0 cm³/mol. The average molecular weight is 284 g/mol. The molecular formula is C18H36O2. The standard InChI is InChI=1S/C18H36O2/c1-4-16(2)12-8-6-5-7-9-13-17(3)14-10-11-15-18(19)20/h16-17H,4-15H2,1-3H3,(H,19,20). The molecule has 0 aromatic carbocycles. The Balaban J connectivity index is 3.23. The van der Waals surface area contributed by atoms with Crippen LogP contribution in [0.25, 0.3) is 0 Å². The van der Waals surface area contributed by atoms with Crippen molar-refractivity contribution in [3.05, 3.63) is 0 Å². The van der Waals surface area contributed by atoms with Crippen molar-refractivity contribution in [2.24, 2.45) is 11.8 Å². The topological polar surface area (TPSA) is 37.3 Å². The molecule has 2 unspecified atom stereocenters. The van der Waals surface area contributed by atoms with Gasteiger partial charge in [0.1, 0.15) is 0 Å². The molecule has 0 saturated carbocycles. The zero-order valence-corrected chi connectivity index (χ0v) is 14.0. The first kappa shape index (κ1) is 19.5. The molecule has 0 aliphatic heterocycles. The van der Waals surface area contributed by atoms with E-state index in [2.05, 4.69) is 20.8 Å². The number of unbranched alkanes of at least 4 members (excludes halogenated alkanes) is 5. The highest BCUT2D eigenvalue weighted by Gasteiger charge is 2.03. The molecule has 20 heavy (non-hydrogen) atoms. The predicted octanol–water partition coefficient (Wildman–Crippen LogP) is 6.04. The van der Waals surface area contributed by atoms with E-state index in [1.165, 1.54) is 57.8 Å². The van der Waals surface area contributed by atoms with Gasteiger partial charge in [-0.25, -0.2) is 0 Å². The summed E-state index contributed by atoms with van der Waals surface area (Å²) in [6.45, 7) is 6.94. The van der Waals surface area contributed by atoms with Crippen molar-refractivity contribution in [2.45, 2.75) is 97.8 Å². The van der Waals surface area contributed by atoms with E-state index in [1.807, 2.05) is 0 Å². The van der Waals surface area contributed by atoms with Crippen molar-refractivity contribution < 1.29 is 9.90 Å². The van der Waals surface area contributed by atoms with Gasteiger partial charge >= 0.3 is 5.97 Å². The minimum Gasteiger partial charge on any atom is -0.481 e. The van der Waals surface area contributed by atoms with E-state index in [-0.39, 0.29) is 0 Å². The second-order valence-corrected chi connectivity index (χ2v) is 6.60. The van der Waals surface area contributed by atoms with Gasteiger partial charge in [0.25, 0.3) is 0 Å². The molecule has 0 rings (SSSR count). The number of carboxylic acid groups (broad SMARTS) is 1. The first-order valence-corrected chi connectivity index (χ1v) is 8.78. The highest BCUT2D eigenvalue weighted by Crippen LogP contribution is 2.18. The molecule has 2 atom stereocenters. The van der Waals surface area contributed by atoms with Crippen LogP contribution in [-0.4, -0.2) is 11.1 Å². The first-order chi connectivity index (χ1) is 9.56. The molecule has 0 aromatic heterocycles. The maximum Gasteiger partial charge on any atom is 0.303 e. The molecule has 0 aromatic rings. The highest BCUT2D eigenvalue weighted by atomic mass is 16.4. The Hall–Kier alpha value is -0.530. The molecule has 0 radical (unpaired) electrons. The molecule has 0 aliphatic carbocycles. The summed E-state index contributed by atoms with van der Waals surface area (Å²) in [5.41, 5.74) is 0. The lowest BCUT2D eigenvalue weighted by Gasteiger charge is -2.11. The molecule has 2 nitrogen and oxygen atoms in total. The summed E-state index contributed by atoms with van der Waals surface area (Å²) >= 11 is 0. The number of carboxylic acids is 1. The lowest BCUT2D eigenvalue weighted by molar-refractivity contribution is -0.137. The summed E-state index contributed by atoms with van der Waals surface area (Å²) < 4.78 is 0. The van der Waals surface area contributed by atoms with Crippen LogP contribution in [0.15, 0.2) is 0 Å². The van der Waals surface area contributed by atoms with Gasteiger partial charge in [-0.05, 0) is 18.3 Å². The fraction of sp³-hybridized carbons (Fsp3) is 0.944. The van der Waals surface area contributed by atoms with Crippen molar-refractivity contribution in [3.8, 4) is 0 Å². The lowest BCUT2D eigenvalue weighted by Crippen LogP contribution is -1.98. The summed E-state index contributed by atoms with van der Waals surface area (Å²) in [4.78, 5) is 10.4. The Bertz CT molecular complexity index is 225. The zero-order chi connectivity index (χ0) is 15.2. The van der Waals surface area contributed by atoms with Crippen LogP contribution in [0.4, 0.5) is 0 Å². The largest absolute Gasteiger partial charge is 0.481 e. The summed E-state index contributed by atoms with van der Waals surface area (Å²) in [6, 6.07) is 0. The van der Waals surface area contributed by atoms with Crippen LogP contribution >= 0.6 is 0 Å². The molecule has 0 fully saturated rings. The molecule has 0 bridgehead atoms. The smallest absolute Gasteiger partial charge is 0.303 e. The molecule has 0 heterocycles. The zero-order valence-electron chi connectivity index (χ0n) is 14.0. The van der Waals surface area contributed by atoms with Crippen LogP contribution in [-0.2, 0) is 4.79 Å². The van der Waals surface area contributed by atoms with Gasteiger partial charge in [0.05, 0.1) is 0 Å². The third kappa shape index (κ3) is 13.9. The molecular weight excluding hydrogens is 248 g/mol. The van der Waals surface area contributed by atoms with Crippen molar-refractivity contribution in [2.75, 3.05) is 0 Å². The second kappa shape index (κ2) is 13.5. The van der Waals surface area contributed by atoms with Crippen molar-refractivity contribution in [3.63, 3.8) is 0 Å². The van der Waals surface area contributed by atoms with Crippen LogP contribution in [0.1, 0.15) is 97.8 Å². The van der Waals surface area contributed by atoms with E-state index >= 15 is 0 Å². The van der Waals surface area contributed by atoms with Gasteiger partial charge in [0, 0.05) is 6.42 Å². The quantitative estimate of drug-likeness (QED) is 0.394. The third-order valence-corrected chi connectivity index (χ3v) is 4.43. The molecule has 0 aliphatic rings. The van der Waals surface area contributed by atoms with E-state index in [4.69, 9.17) is 5.11 Å². The van der Waals surface area contributed by atoms with Crippen LogP contribution in [0.2, 0.25) is 0 Å². The average Bonchev–Trinajstić information content (AvgIpc) is 2.42. The number of carbonyl (C=O) groups is 1. The van der Waals surface area contributed by atoms with Gasteiger partial charge in [0.15, 0.2) is 0 Å². The van der Waals surface area contributed by atoms with Gasteiger partial charge in [-0.15, -0.1) is 0 Å². The van der Waals surface area contributed by atoms with E-state index in [1.54, 1.807) is 0 Å². The summed E-state index contributed by atoms with van der Waals surface area (Å²) in [7, 11) is 0. The number of hydrogen-bond donors (Lipinski definition) is 1. The normalized spacial score (nSPS) is 14.2. The maximum absolute atomic E-state index is 10.4. The van der Waals surface area contributed by atoms with Crippen molar-refractivity contribution >= 4 is 5.97 Å². The van der Waals surface area contributed by atoms with Gasteiger partial charge in [-0.3, -0.25) is 4.79 Å². The number of hydrogen-bond acceptors (Lipinski definition) is 1. The molecule has 0 amide bonds. The Morgan fingerprint density at radius 3 is 1.75 bits per heavy atom. The third-order valence-electron chi connectivity index (χ3n) is 4.43. The monoisotopic (exact) mass is 284 g/mol. The van der Waals surface area contributed by atoms with Crippen molar-refractivity contribution in [1.82, 2.24) is 0 Å².